The molecule has 2 aromatic rings. The Balaban J connectivity index is 2.07. The average Bonchev–Trinajstić information content (AvgIpc) is 2.45. The van der Waals surface area contributed by atoms with Crippen LogP contribution in [0.25, 0.3) is 0 Å². The maximum absolute atomic E-state index is 12.0. The standard InChI is InChI=1S/C15H19N3O2S/c1-12-5-4-6-14(17-12)11-16-13-7-9-15(10-8-13)21(19,20)18(2)3/h4-10,16H,11H2,1-3H3. The number of nitrogens with one attached hydrogen (secondary N) is 1. The van der Waals surface area contributed by atoms with E-state index in [1.54, 1.807) is 24.3 Å². The lowest BCUT2D eigenvalue weighted by atomic mass is 10.3. The number of nitrogens with zero attached hydrogens (tertiary/aromatic N) is 2. The van der Waals surface area contributed by atoms with E-state index in [0.717, 1.165) is 17.1 Å². The first-order valence-corrected chi connectivity index (χ1v) is 8.02. The molecule has 0 amide bonds. The predicted molar refractivity (Wildman–Crippen MR) is 83.6 cm³/mol. The van der Waals surface area contributed by atoms with Crippen LogP contribution in [0.15, 0.2) is 47.4 Å². The van der Waals surface area contributed by atoms with Gasteiger partial charge in [0.2, 0.25) is 10.0 Å². The van der Waals surface area contributed by atoms with Gasteiger partial charge in [0.1, 0.15) is 0 Å². The molecule has 0 aliphatic heterocycles. The molecule has 0 bridgehead atoms. The molecular formula is C15H19N3O2S. The van der Waals surface area contributed by atoms with Gasteiger partial charge in [-0.1, -0.05) is 6.07 Å². The van der Waals surface area contributed by atoms with Gasteiger partial charge in [-0.3, -0.25) is 4.98 Å². The van der Waals surface area contributed by atoms with Crippen molar-refractivity contribution in [1.29, 1.82) is 0 Å². The van der Waals surface area contributed by atoms with E-state index in [4.69, 9.17) is 0 Å². The van der Waals surface area contributed by atoms with Crippen molar-refractivity contribution in [3.05, 3.63) is 53.9 Å². The average molecular weight is 305 g/mol. The second-order valence-corrected chi connectivity index (χ2v) is 7.09. The van der Waals surface area contributed by atoms with Crippen LogP contribution in [0.1, 0.15) is 11.4 Å². The third kappa shape index (κ3) is 3.80. The van der Waals surface area contributed by atoms with Gasteiger partial charge in [-0.15, -0.1) is 0 Å². The number of hydrogen-bond donors (Lipinski definition) is 1. The summed E-state index contributed by atoms with van der Waals surface area (Å²) >= 11 is 0. The summed E-state index contributed by atoms with van der Waals surface area (Å²) in [6.45, 7) is 2.55. The minimum absolute atomic E-state index is 0.284. The van der Waals surface area contributed by atoms with Crippen LogP contribution in [0, 0.1) is 6.92 Å². The number of hydrogen-bond acceptors (Lipinski definition) is 4. The van der Waals surface area contributed by atoms with Crippen LogP contribution in [-0.2, 0) is 16.6 Å². The number of anilines is 1. The summed E-state index contributed by atoms with van der Waals surface area (Å²) < 4.78 is 25.1. The van der Waals surface area contributed by atoms with E-state index in [9.17, 15) is 8.42 Å². The molecule has 112 valence electrons. The Labute approximate surface area is 125 Å². The minimum Gasteiger partial charge on any atom is -0.379 e. The van der Waals surface area contributed by atoms with Gasteiger partial charge in [-0.2, -0.15) is 0 Å². The molecule has 0 radical (unpaired) electrons. The van der Waals surface area contributed by atoms with Crippen molar-refractivity contribution >= 4 is 15.7 Å². The molecule has 21 heavy (non-hydrogen) atoms. The summed E-state index contributed by atoms with van der Waals surface area (Å²) in [7, 11) is -0.336. The van der Waals surface area contributed by atoms with Gasteiger partial charge in [0, 0.05) is 25.5 Å². The molecule has 0 spiro atoms. The number of aryl methyl sites for hydroxylation is 1. The van der Waals surface area contributed by atoms with Gasteiger partial charge in [0.15, 0.2) is 0 Å². The molecule has 6 heteroatoms. The zero-order valence-corrected chi connectivity index (χ0v) is 13.2. The van der Waals surface area contributed by atoms with Crippen molar-refractivity contribution in [3.8, 4) is 0 Å². The number of pyridine rings is 1. The molecule has 0 aliphatic carbocycles. The van der Waals surface area contributed by atoms with Crippen molar-refractivity contribution in [2.45, 2.75) is 18.4 Å². The van der Waals surface area contributed by atoms with Gasteiger partial charge < -0.3 is 5.32 Å². The second kappa shape index (κ2) is 6.24. The van der Waals surface area contributed by atoms with Crippen molar-refractivity contribution in [2.75, 3.05) is 19.4 Å². The molecular weight excluding hydrogens is 286 g/mol. The monoisotopic (exact) mass is 305 g/mol. The van der Waals surface area contributed by atoms with E-state index in [-0.39, 0.29) is 4.90 Å². The maximum Gasteiger partial charge on any atom is 0.242 e. The lowest BCUT2D eigenvalue weighted by Gasteiger charge is -2.12. The largest absolute Gasteiger partial charge is 0.379 e. The Bertz CT molecular complexity index is 710. The smallest absolute Gasteiger partial charge is 0.242 e. The highest BCUT2D eigenvalue weighted by molar-refractivity contribution is 7.89. The van der Waals surface area contributed by atoms with E-state index < -0.39 is 10.0 Å². The summed E-state index contributed by atoms with van der Waals surface area (Å²) in [4.78, 5) is 4.69. The van der Waals surface area contributed by atoms with Crippen LogP contribution >= 0.6 is 0 Å². The lowest BCUT2D eigenvalue weighted by Crippen LogP contribution is -2.22. The fraction of sp³-hybridized carbons (Fsp3) is 0.267. The fourth-order valence-electron chi connectivity index (χ4n) is 1.85. The number of benzene rings is 1. The quantitative estimate of drug-likeness (QED) is 0.920. The molecule has 0 aliphatic rings. The van der Waals surface area contributed by atoms with E-state index in [1.807, 2.05) is 25.1 Å². The van der Waals surface area contributed by atoms with Crippen molar-refractivity contribution in [1.82, 2.24) is 9.29 Å². The van der Waals surface area contributed by atoms with E-state index in [0.29, 0.717) is 6.54 Å². The highest BCUT2D eigenvalue weighted by atomic mass is 32.2. The SMILES string of the molecule is Cc1cccc(CNc2ccc(S(=O)(=O)N(C)C)cc2)n1. The highest BCUT2D eigenvalue weighted by Crippen LogP contribution is 2.17. The van der Waals surface area contributed by atoms with Crippen molar-refractivity contribution in [3.63, 3.8) is 0 Å². The molecule has 5 nitrogen and oxygen atoms in total. The van der Waals surface area contributed by atoms with Crippen molar-refractivity contribution < 1.29 is 8.42 Å². The van der Waals surface area contributed by atoms with E-state index in [2.05, 4.69) is 10.3 Å². The van der Waals surface area contributed by atoms with E-state index >= 15 is 0 Å². The van der Waals surface area contributed by atoms with Crippen LogP contribution in [0.2, 0.25) is 0 Å². The van der Waals surface area contributed by atoms with E-state index in [1.165, 1.54) is 18.4 Å². The summed E-state index contributed by atoms with van der Waals surface area (Å²) in [5.74, 6) is 0. The maximum atomic E-state index is 12.0. The van der Waals surface area contributed by atoms with Crippen LogP contribution < -0.4 is 5.32 Å². The minimum atomic E-state index is -3.37. The summed E-state index contributed by atoms with van der Waals surface area (Å²) in [5, 5.41) is 3.23. The van der Waals surface area contributed by atoms with Crippen molar-refractivity contribution in [2.24, 2.45) is 0 Å². The first-order valence-electron chi connectivity index (χ1n) is 6.58. The van der Waals surface area contributed by atoms with Crippen LogP contribution in [0.3, 0.4) is 0 Å². The molecule has 2 rings (SSSR count). The first-order chi connectivity index (χ1) is 9.89. The van der Waals surface area contributed by atoms with Gasteiger partial charge >= 0.3 is 0 Å². The fourth-order valence-corrected chi connectivity index (χ4v) is 2.75. The Hall–Kier alpha value is -1.92. The number of aromatic nitrogens is 1. The topological polar surface area (TPSA) is 62.3 Å². The summed E-state index contributed by atoms with van der Waals surface area (Å²) in [6.07, 6.45) is 0. The molecule has 1 heterocycles. The number of sulfonamides is 1. The molecule has 0 unspecified atom stereocenters. The van der Waals surface area contributed by atoms with Gasteiger partial charge in [-0.25, -0.2) is 12.7 Å². The molecule has 0 atom stereocenters. The Morgan fingerprint density at radius 3 is 2.33 bits per heavy atom. The Morgan fingerprint density at radius 1 is 1.10 bits per heavy atom. The highest BCUT2D eigenvalue weighted by Gasteiger charge is 2.16. The molecule has 0 fully saturated rings. The summed E-state index contributed by atoms with van der Waals surface area (Å²) in [5.41, 5.74) is 2.78. The summed E-state index contributed by atoms with van der Waals surface area (Å²) in [6, 6.07) is 12.6. The van der Waals surface area contributed by atoms with Crippen LogP contribution in [0.5, 0.6) is 0 Å². The van der Waals surface area contributed by atoms with Crippen LogP contribution in [-0.4, -0.2) is 31.8 Å². The van der Waals surface area contributed by atoms with Gasteiger partial charge in [0.05, 0.1) is 17.1 Å². The predicted octanol–water partition coefficient (Wildman–Crippen LogP) is 2.25. The van der Waals surface area contributed by atoms with Gasteiger partial charge in [0.25, 0.3) is 0 Å². The molecule has 0 saturated heterocycles. The Kier molecular flexibility index (Phi) is 4.59. The zero-order chi connectivity index (χ0) is 15.5. The molecule has 1 N–H and O–H groups in total. The molecule has 0 saturated carbocycles. The number of rotatable bonds is 5. The third-order valence-electron chi connectivity index (χ3n) is 3.05. The lowest BCUT2D eigenvalue weighted by molar-refractivity contribution is 0.521. The second-order valence-electron chi connectivity index (χ2n) is 4.94. The van der Waals surface area contributed by atoms with Gasteiger partial charge in [-0.05, 0) is 43.3 Å². The Morgan fingerprint density at radius 2 is 1.76 bits per heavy atom. The van der Waals surface area contributed by atoms with Crippen LogP contribution in [0.4, 0.5) is 5.69 Å². The third-order valence-corrected chi connectivity index (χ3v) is 4.88. The normalized spacial score (nSPS) is 11.6. The molecule has 1 aromatic heterocycles. The first kappa shape index (κ1) is 15.5. The zero-order valence-electron chi connectivity index (χ0n) is 12.4. The molecule has 1 aromatic carbocycles.